The number of imidazole rings is 1. The lowest BCUT2D eigenvalue weighted by atomic mass is 10.3. The van der Waals surface area contributed by atoms with Gasteiger partial charge in [0, 0.05) is 11.6 Å². The lowest BCUT2D eigenvalue weighted by Gasteiger charge is -2.00. The first-order valence-electron chi connectivity index (χ1n) is 6.45. The van der Waals surface area contributed by atoms with E-state index in [9.17, 15) is 4.79 Å². The molecule has 2 N–H and O–H groups in total. The van der Waals surface area contributed by atoms with E-state index in [2.05, 4.69) is 25.5 Å². The Morgan fingerprint density at radius 3 is 3.18 bits per heavy atom. The molecule has 110 valence electrons. The third-order valence-corrected chi connectivity index (χ3v) is 4.64. The molecule has 0 aliphatic heterocycles. The molecule has 3 aromatic heterocycles. The summed E-state index contributed by atoms with van der Waals surface area (Å²) in [5, 5.41) is 13.0. The Bertz CT molecular complexity index is 942. The number of nitrogens with one attached hydrogen (secondary N) is 2. The maximum Gasteiger partial charge on any atom is 0.236 e. The molecule has 4 aromatic rings. The summed E-state index contributed by atoms with van der Waals surface area (Å²) in [6.07, 6.45) is 1.66. The molecule has 0 unspecified atom stereocenters. The molecular weight excluding hydrogens is 320 g/mol. The molecule has 0 spiro atoms. The third kappa shape index (κ3) is 2.34. The van der Waals surface area contributed by atoms with Crippen LogP contribution in [0, 0.1) is 0 Å². The summed E-state index contributed by atoms with van der Waals surface area (Å²) in [6.45, 7) is 0. The van der Waals surface area contributed by atoms with E-state index in [1.807, 2.05) is 34.0 Å². The monoisotopic (exact) mass is 330 g/mol. The number of carbonyl (C=O) groups is 1. The van der Waals surface area contributed by atoms with Gasteiger partial charge in [0.05, 0.1) is 16.8 Å². The number of aromatic amines is 1. The molecule has 0 aliphatic carbocycles. The van der Waals surface area contributed by atoms with E-state index in [1.165, 1.54) is 23.1 Å². The van der Waals surface area contributed by atoms with Crippen LogP contribution in [-0.2, 0) is 4.79 Å². The van der Waals surface area contributed by atoms with Crippen molar-refractivity contribution >= 4 is 50.9 Å². The number of thioether (sulfide) groups is 1. The number of carbonyl (C=O) groups excluding carboxylic acids is 1. The van der Waals surface area contributed by atoms with Crippen LogP contribution in [-0.4, -0.2) is 36.2 Å². The number of para-hydroxylation sites is 2. The van der Waals surface area contributed by atoms with Crippen molar-refractivity contribution in [3.05, 3.63) is 35.8 Å². The highest BCUT2D eigenvalue weighted by Gasteiger charge is 2.13. The van der Waals surface area contributed by atoms with Crippen LogP contribution < -0.4 is 5.32 Å². The van der Waals surface area contributed by atoms with Gasteiger partial charge in [-0.25, -0.2) is 15.1 Å². The van der Waals surface area contributed by atoms with Gasteiger partial charge in [0.2, 0.25) is 11.7 Å². The minimum Gasteiger partial charge on any atom is -0.301 e. The topological polar surface area (TPSA) is 88.0 Å². The molecule has 7 nitrogen and oxygen atoms in total. The normalized spacial score (nSPS) is 11.3. The van der Waals surface area contributed by atoms with Crippen molar-refractivity contribution in [1.29, 1.82) is 0 Å². The van der Waals surface area contributed by atoms with Gasteiger partial charge in [-0.3, -0.25) is 9.20 Å². The molecule has 0 atom stereocenters. The molecule has 0 saturated carbocycles. The molecule has 22 heavy (non-hydrogen) atoms. The molecule has 0 radical (unpaired) electrons. The number of hydrogen-bond donors (Lipinski definition) is 2. The van der Waals surface area contributed by atoms with Crippen molar-refractivity contribution in [3.63, 3.8) is 0 Å². The number of amides is 1. The fourth-order valence-corrected chi connectivity index (χ4v) is 3.41. The van der Waals surface area contributed by atoms with Gasteiger partial charge in [-0.05, 0) is 12.1 Å². The van der Waals surface area contributed by atoms with Crippen LogP contribution in [0.1, 0.15) is 0 Å². The molecular formula is C13H10N6OS2. The van der Waals surface area contributed by atoms with Crippen LogP contribution in [0.4, 0.5) is 5.13 Å². The predicted octanol–water partition coefficient (Wildman–Crippen LogP) is 2.40. The molecule has 4 rings (SSSR count). The van der Waals surface area contributed by atoms with Crippen molar-refractivity contribution < 1.29 is 4.79 Å². The number of aromatic nitrogens is 5. The number of rotatable bonds is 4. The highest BCUT2D eigenvalue weighted by molar-refractivity contribution is 7.99. The van der Waals surface area contributed by atoms with Crippen molar-refractivity contribution in [3.8, 4) is 0 Å². The van der Waals surface area contributed by atoms with Gasteiger partial charge in [-0.1, -0.05) is 23.9 Å². The first-order valence-corrected chi connectivity index (χ1v) is 8.31. The highest BCUT2D eigenvalue weighted by atomic mass is 32.2. The fourth-order valence-electron chi connectivity index (χ4n) is 2.11. The summed E-state index contributed by atoms with van der Waals surface area (Å²) in [4.78, 5) is 20.4. The van der Waals surface area contributed by atoms with Crippen LogP contribution in [0.25, 0.3) is 16.8 Å². The quantitative estimate of drug-likeness (QED) is 0.561. The summed E-state index contributed by atoms with van der Waals surface area (Å²) in [5.41, 5.74) is 1.86. The number of benzene rings is 1. The summed E-state index contributed by atoms with van der Waals surface area (Å²) in [7, 11) is 0. The zero-order chi connectivity index (χ0) is 14.9. The zero-order valence-corrected chi connectivity index (χ0v) is 12.8. The number of anilines is 1. The Morgan fingerprint density at radius 1 is 1.41 bits per heavy atom. The van der Waals surface area contributed by atoms with E-state index >= 15 is 0 Å². The van der Waals surface area contributed by atoms with Gasteiger partial charge in [0.1, 0.15) is 0 Å². The summed E-state index contributed by atoms with van der Waals surface area (Å²) < 4.78 is 1.91. The lowest BCUT2D eigenvalue weighted by molar-refractivity contribution is -0.113. The van der Waals surface area contributed by atoms with E-state index < -0.39 is 0 Å². The van der Waals surface area contributed by atoms with E-state index in [0.29, 0.717) is 16.1 Å². The number of thiazole rings is 1. The molecule has 1 aromatic carbocycles. The van der Waals surface area contributed by atoms with Gasteiger partial charge in [0.15, 0.2) is 10.3 Å². The minimum absolute atomic E-state index is 0.111. The maximum atomic E-state index is 11.9. The van der Waals surface area contributed by atoms with Gasteiger partial charge in [0.25, 0.3) is 0 Å². The van der Waals surface area contributed by atoms with Gasteiger partial charge < -0.3 is 5.32 Å². The summed E-state index contributed by atoms with van der Waals surface area (Å²) >= 11 is 2.74. The van der Waals surface area contributed by atoms with Crippen LogP contribution in [0.15, 0.2) is 41.0 Å². The van der Waals surface area contributed by atoms with Gasteiger partial charge in [-0.15, -0.1) is 16.4 Å². The van der Waals surface area contributed by atoms with E-state index in [0.717, 1.165) is 11.0 Å². The van der Waals surface area contributed by atoms with Crippen LogP contribution in [0.2, 0.25) is 0 Å². The fraction of sp³-hybridized carbons (Fsp3) is 0.0769. The largest absolute Gasteiger partial charge is 0.301 e. The summed E-state index contributed by atoms with van der Waals surface area (Å²) in [5.74, 6) is 0.816. The Balaban J connectivity index is 1.55. The molecule has 0 fully saturated rings. The Morgan fingerprint density at radius 2 is 2.32 bits per heavy atom. The molecule has 0 aliphatic rings. The minimum atomic E-state index is -0.111. The zero-order valence-electron chi connectivity index (χ0n) is 11.2. The Hall–Kier alpha value is -2.39. The van der Waals surface area contributed by atoms with Crippen molar-refractivity contribution in [2.24, 2.45) is 0 Å². The second-order valence-corrected chi connectivity index (χ2v) is 6.28. The van der Waals surface area contributed by atoms with Gasteiger partial charge >= 0.3 is 0 Å². The SMILES string of the molecule is O=C(CSc1n[nH]c2nc3ccccc3n12)Nc1nccs1. The van der Waals surface area contributed by atoms with E-state index in [-0.39, 0.29) is 11.7 Å². The standard InChI is InChI=1S/C13H10N6OS2/c20-10(16-12-14-5-6-21-12)7-22-13-18-17-11-15-8-3-1-2-4-9(8)19(11)13/h1-6H,7H2,(H,15,17)(H,14,16,20). The second kappa shape index (κ2) is 5.43. The molecule has 9 heteroatoms. The van der Waals surface area contributed by atoms with Crippen LogP contribution in [0.5, 0.6) is 0 Å². The average Bonchev–Trinajstić information content (AvgIpc) is 3.21. The van der Waals surface area contributed by atoms with E-state index in [4.69, 9.17) is 0 Å². The first-order chi connectivity index (χ1) is 10.8. The maximum absolute atomic E-state index is 11.9. The molecule has 0 bridgehead atoms. The number of hydrogen-bond acceptors (Lipinski definition) is 6. The summed E-state index contributed by atoms with van der Waals surface area (Å²) in [6, 6.07) is 7.81. The van der Waals surface area contributed by atoms with Crippen LogP contribution >= 0.6 is 23.1 Å². The third-order valence-electron chi connectivity index (χ3n) is 3.01. The number of nitrogens with zero attached hydrogens (tertiary/aromatic N) is 4. The lowest BCUT2D eigenvalue weighted by Crippen LogP contribution is -2.14. The van der Waals surface area contributed by atoms with Crippen LogP contribution in [0.3, 0.4) is 0 Å². The molecule has 1 amide bonds. The van der Waals surface area contributed by atoms with Gasteiger partial charge in [-0.2, -0.15) is 0 Å². The number of fused-ring (bicyclic) bond motifs is 3. The Kier molecular flexibility index (Phi) is 3.28. The first kappa shape index (κ1) is 13.3. The Labute approximate surface area is 132 Å². The van der Waals surface area contributed by atoms with Crippen molar-refractivity contribution in [1.82, 2.24) is 24.6 Å². The average molecular weight is 330 g/mol. The van der Waals surface area contributed by atoms with Crippen molar-refractivity contribution in [2.45, 2.75) is 5.16 Å². The van der Waals surface area contributed by atoms with E-state index in [1.54, 1.807) is 6.20 Å². The molecule has 3 heterocycles. The smallest absolute Gasteiger partial charge is 0.236 e. The second-order valence-electron chi connectivity index (χ2n) is 4.44. The highest BCUT2D eigenvalue weighted by Crippen LogP contribution is 2.23. The predicted molar refractivity (Wildman–Crippen MR) is 86.3 cm³/mol. The number of H-pyrrole nitrogens is 1. The van der Waals surface area contributed by atoms with Crippen molar-refractivity contribution in [2.75, 3.05) is 11.1 Å². The molecule has 0 saturated heterocycles.